The molecule has 1 N–H and O–H groups in total. The van der Waals surface area contributed by atoms with Crippen LogP contribution in [0.3, 0.4) is 0 Å². The molecular formula is C16H15F3N4O3. The maximum atomic E-state index is 13.6. The van der Waals surface area contributed by atoms with E-state index in [1.54, 1.807) is 6.92 Å². The Bertz CT molecular complexity index is 855. The van der Waals surface area contributed by atoms with Gasteiger partial charge in [0, 0.05) is 13.1 Å². The van der Waals surface area contributed by atoms with Gasteiger partial charge in [-0.15, -0.1) is 0 Å². The number of hydrogen-bond donors (Lipinski definition) is 1. The smallest absolute Gasteiger partial charge is 0.313 e. The van der Waals surface area contributed by atoms with Crippen molar-refractivity contribution in [3.05, 3.63) is 41.3 Å². The maximum absolute atomic E-state index is 13.6. The van der Waals surface area contributed by atoms with E-state index in [0.717, 1.165) is 6.07 Å². The minimum atomic E-state index is -1.72. The molecule has 138 valence electrons. The zero-order valence-corrected chi connectivity index (χ0v) is 13.8. The first kappa shape index (κ1) is 17.9. The number of carbonyl (C=O) groups is 2. The second kappa shape index (κ2) is 7.14. The molecule has 1 aliphatic heterocycles. The molecule has 1 aliphatic rings. The number of piperidine rings is 1. The van der Waals surface area contributed by atoms with Crippen LogP contribution in [0.4, 0.5) is 18.9 Å². The lowest BCUT2D eigenvalue weighted by atomic mass is 9.98. The third kappa shape index (κ3) is 3.53. The molecule has 26 heavy (non-hydrogen) atoms. The monoisotopic (exact) mass is 368 g/mol. The highest BCUT2D eigenvalue weighted by Crippen LogP contribution is 2.26. The number of benzene rings is 1. The Hall–Kier alpha value is -2.91. The fourth-order valence-corrected chi connectivity index (χ4v) is 2.78. The molecule has 0 aliphatic carbocycles. The Morgan fingerprint density at radius 1 is 1.27 bits per heavy atom. The van der Waals surface area contributed by atoms with E-state index in [9.17, 15) is 22.8 Å². The Morgan fingerprint density at radius 3 is 2.73 bits per heavy atom. The van der Waals surface area contributed by atoms with E-state index in [-0.39, 0.29) is 12.5 Å². The highest BCUT2D eigenvalue weighted by atomic mass is 19.2. The molecule has 0 spiro atoms. The van der Waals surface area contributed by atoms with Crippen LogP contribution in [0.25, 0.3) is 0 Å². The largest absolute Gasteiger partial charge is 0.339 e. The van der Waals surface area contributed by atoms with Crippen molar-refractivity contribution < 1.29 is 27.3 Å². The normalized spacial score (nSPS) is 17.2. The zero-order valence-electron chi connectivity index (χ0n) is 13.8. The minimum absolute atomic E-state index is 0.189. The van der Waals surface area contributed by atoms with Crippen LogP contribution in [-0.2, 0) is 9.59 Å². The lowest BCUT2D eigenvalue weighted by molar-refractivity contribution is -0.144. The Morgan fingerprint density at radius 2 is 2.04 bits per heavy atom. The first-order chi connectivity index (χ1) is 12.4. The summed E-state index contributed by atoms with van der Waals surface area (Å²) in [6, 6.07) is 1.51. The fourth-order valence-electron chi connectivity index (χ4n) is 2.78. The van der Waals surface area contributed by atoms with Gasteiger partial charge in [-0.25, -0.2) is 13.2 Å². The van der Waals surface area contributed by atoms with Crippen molar-refractivity contribution in [3.63, 3.8) is 0 Å². The number of halogens is 3. The minimum Gasteiger partial charge on any atom is -0.339 e. The van der Waals surface area contributed by atoms with Crippen molar-refractivity contribution in [2.75, 3.05) is 18.4 Å². The summed E-state index contributed by atoms with van der Waals surface area (Å²) in [5, 5.41) is 5.67. The van der Waals surface area contributed by atoms with Gasteiger partial charge in [0.1, 0.15) is 0 Å². The van der Waals surface area contributed by atoms with Crippen LogP contribution in [0, 0.1) is 24.4 Å². The van der Waals surface area contributed by atoms with Crippen LogP contribution in [-0.4, -0.2) is 39.9 Å². The Labute approximate surface area is 146 Å². The molecule has 2 heterocycles. The molecule has 1 fully saturated rings. The van der Waals surface area contributed by atoms with Crippen molar-refractivity contribution in [2.45, 2.75) is 25.7 Å². The number of nitrogens with one attached hydrogen (secondary N) is 1. The van der Waals surface area contributed by atoms with E-state index in [4.69, 9.17) is 4.52 Å². The van der Waals surface area contributed by atoms with Gasteiger partial charge >= 0.3 is 11.8 Å². The number of aromatic nitrogens is 2. The molecule has 2 aromatic rings. The first-order valence-electron chi connectivity index (χ1n) is 7.90. The van der Waals surface area contributed by atoms with Crippen molar-refractivity contribution in [3.8, 4) is 0 Å². The molecule has 0 bridgehead atoms. The number of carbonyl (C=O) groups excluding carboxylic acids is 2. The van der Waals surface area contributed by atoms with Gasteiger partial charge in [-0.1, -0.05) is 5.16 Å². The molecule has 1 atom stereocenters. The quantitative estimate of drug-likeness (QED) is 0.648. The van der Waals surface area contributed by atoms with Crippen LogP contribution in [0.1, 0.15) is 30.5 Å². The molecule has 1 saturated heterocycles. The fraction of sp³-hybridized carbons (Fsp3) is 0.375. The van der Waals surface area contributed by atoms with Gasteiger partial charge < -0.3 is 14.7 Å². The van der Waals surface area contributed by atoms with Crippen LogP contribution < -0.4 is 5.32 Å². The summed E-state index contributed by atoms with van der Waals surface area (Å²) >= 11 is 0. The molecular weight excluding hydrogens is 353 g/mol. The van der Waals surface area contributed by atoms with E-state index in [0.29, 0.717) is 37.2 Å². The second-order valence-corrected chi connectivity index (χ2v) is 5.95. The maximum Gasteiger partial charge on any atom is 0.313 e. The molecule has 0 radical (unpaired) electrons. The first-order valence-corrected chi connectivity index (χ1v) is 7.90. The third-order valence-corrected chi connectivity index (χ3v) is 4.08. The van der Waals surface area contributed by atoms with Crippen LogP contribution in [0.15, 0.2) is 16.7 Å². The van der Waals surface area contributed by atoms with Crippen molar-refractivity contribution >= 4 is 17.5 Å². The summed E-state index contributed by atoms with van der Waals surface area (Å²) in [5.74, 6) is -6.08. The summed E-state index contributed by atoms with van der Waals surface area (Å²) in [5.41, 5.74) is -0.608. The predicted molar refractivity (Wildman–Crippen MR) is 82.5 cm³/mol. The van der Waals surface area contributed by atoms with Crippen molar-refractivity contribution in [1.82, 2.24) is 15.0 Å². The van der Waals surface area contributed by atoms with Crippen LogP contribution >= 0.6 is 0 Å². The molecule has 0 saturated carbocycles. The van der Waals surface area contributed by atoms with E-state index >= 15 is 0 Å². The molecule has 1 unspecified atom stereocenters. The van der Waals surface area contributed by atoms with Crippen molar-refractivity contribution in [2.24, 2.45) is 0 Å². The lowest BCUT2D eigenvalue weighted by Crippen LogP contribution is -2.44. The second-order valence-electron chi connectivity index (χ2n) is 5.95. The average Bonchev–Trinajstić information content (AvgIpc) is 3.08. The SMILES string of the molecule is Cc1noc(C2CCCN(C(=O)C(=O)Nc3ccc(F)c(F)c3F)C2)n1. The zero-order chi connectivity index (χ0) is 18.8. The van der Waals surface area contributed by atoms with E-state index in [1.165, 1.54) is 4.90 Å². The van der Waals surface area contributed by atoms with Gasteiger partial charge in [-0.3, -0.25) is 9.59 Å². The third-order valence-electron chi connectivity index (χ3n) is 4.08. The standard InChI is InChI=1S/C16H15F3N4O3/c1-8-20-15(26-22-8)9-3-2-6-23(7-9)16(25)14(24)21-11-5-4-10(17)12(18)13(11)19/h4-5,9H,2-3,6-7H2,1H3,(H,21,24). The van der Waals surface area contributed by atoms with Gasteiger partial charge in [0.15, 0.2) is 23.3 Å². The van der Waals surface area contributed by atoms with E-state index < -0.39 is 35.0 Å². The number of aryl methyl sites for hydroxylation is 1. The molecule has 1 aromatic carbocycles. The summed E-state index contributed by atoms with van der Waals surface area (Å²) in [6.07, 6.45) is 1.33. The van der Waals surface area contributed by atoms with Crippen molar-refractivity contribution in [1.29, 1.82) is 0 Å². The molecule has 2 amide bonds. The summed E-state index contributed by atoms with van der Waals surface area (Å²) < 4.78 is 44.9. The highest BCUT2D eigenvalue weighted by Gasteiger charge is 2.31. The van der Waals surface area contributed by atoms with E-state index in [2.05, 4.69) is 10.1 Å². The molecule has 3 rings (SSSR count). The number of likely N-dealkylation sites (tertiary alicyclic amines) is 1. The van der Waals surface area contributed by atoms with Crippen LogP contribution in [0.5, 0.6) is 0 Å². The average molecular weight is 368 g/mol. The van der Waals surface area contributed by atoms with Gasteiger partial charge in [0.25, 0.3) is 0 Å². The highest BCUT2D eigenvalue weighted by molar-refractivity contribution is 6.39. The van der Waals surface area contributed by atoms with E-state index in [1.807, 2.05) is 5.32 Å². The number of hydrogen-bond acceptors (Lipinski definition) is 5. The summed E-state index contributed by atoms with van der Waals surface area (Å²) in [6.45, 7) is 2.19. The number of nitrogens with zero attached hydrogens (tertiary/aromatic N) is 3. The number of anilines is 1. The molecule has 10 heteroatoms. The number of rotatable bonds is 2. The molecule has 1 aromatic heterocycles. The molecule has 7 nitrogen and oxygen atoms in total. The van der Waals surface area contributed by atoms with Gasteiger partial charge in [0.05, 0.1) is 11.6 Å². The topological polar surface area (TPSA) is 88.3 Å². The Kier molecular flexibility index (Phi) is 4.92. The predicted octanol–water partition coefficient (Wildman–Crippen LogP) is 2.14. The van der Waals surface area contributed by atoms with Gasteiger partial charge in [-0.05, 0) is 31.9 Å². The Balaban J connectivity index is 1.68. The van der Waals surface area contributed by atoms with Crippen LogP contribution in [0.2, 0.25) is 0 Å². The van der Waals surface area contributed by atoms with Gasteiger partial charge in [0.2, 0.25) is 5.89 Å². The van der Waals surface area contributed by atoms with Gasteiger partial charge in [-0.2, -0.15) is 4.98 Å². The lowest BCUT2D eigenvalue weighted by Gasteiger charge is -2.30. The number of amides is 2. The summed E-state index contributed by atoms with van der Waals surface area (Å²) in [4.78, 5) is 29.8. The summed E-state index contributed by atoms with van der Waals surface area (Å²) in [7, 11) is 0.